The molecule has 9 nitrogen and oxygen atoms in total. The van der Waals surface area contributed by atoms with Crippen LogP contribution in [-0.2, 0) is 14.3 Å². The molecular weight excluding hydrogens is 453 g/mol. The molecule has 3 heterocycles. The standard InChI is InChI=1S/C22H24FN3O6S/c23-17-10-14(3-4-16(17)19-11-24-7-8-31-19)25-12-15(32-22(25)29)13-26(30)21(28)6-5-18(27)20-2-1-9-33-20/h1-4,9-10,15,19,24,26H,5-8,11-13H2/t15-,19?/m0/s1. The Bertz CT molecular complexity index is 1010. The predicted octanol–water partition coefficient (Wildman–Crippen LogP) is 1.45. The van der Waals surface area contributed by atoms with Crippen LogP contribution in [0.2, 0.25) is 0 Å². The number of thiophene rings is 1. The molecule has 2 fully saturated rings. The Morgan fingerprint density at radius 3 is 2.85 bits per heavy atom. The van der Waals surface area contributed by atoms with Crippen molar-refractivity contribution >= 4 is 34.8 Å². The van der Waals surface area contributed by atoms with E-state index in [9.17, 15) is 24.0 Å². The second-order valence-electron chi connectivity index (χ2n) is 7.84. The number of hydrogen-bond acceptors (Lipinski definition) is 8. The Morgan fingerprint density at radius 2 is 2.15 bits per heavy atom. The normalized spacial score (nSPS) is 21.6. The van der Waals surface area contributed by atoms with Crippen LogP contribution < -0.4 is 15.3 Å². The van der Waals surface area contributed by atoms with Crippen LogP contribution in [0.4, 0.5) is 14.9 Å². The van der Waals surface area contributed by atoms with E-state index in [2.05, 4.69) is 5.32 Å². The van der Waals surface area contributed by atoms with E-state index in [1.54, 1.807) is 29.6 Å². The maximum atomic E-state index is 14.7. The van der Waals surface area contributed by atoms with E-state index in [-0.39, 0.29) is 31.7 Å². The summed E-state index contributed by atoms with van der Waals surface area (Å²) in [5, 5.41) is 16.5. The lowest BCUT2D eigenvalue weighted by Gasteiger charge is -2.25. The first-order chi connectivity index (χ1) is 15.9. The van der Waals surface area contributed by atoms with E-state index in [0.717, 1.165) is 0 Å². The molecule has 1 aromatic heterocycles. The van der Waals surface area contributed by atoms with Crippen molar-refractivity contribution in [3.63, 3.8) is 0 Å². The highest BCUT2D eigenvalue weighted by molar-refractivity contribution is 7.12. The third-order valence-electron chi connectivity index (χ3n) is 5.54. The van der Waals surface area contributed by atoms with Crippen LogP contribution in [0.3, 0.4) is 0 Å². The molecule has 2 unspecified atom stereocenters. The molecule has 176 valence electrons. The number of ether oxygens (including phenoxy) is 2. The van der Waals surface area contributed by atoms with Gasteiger partial charge in [-0.3, -0.25) is 9.69 Å². The lowest BCUT2D eigenvalue weighted by Crippen LogP contribution is -3.11. The van der Waals surface area contributed by atoms with E-state index < -0.39 is 35.1 Å². The average molecular weight is 478 g/mol. The number of benzene rings is 1. The number of morpholine rings is 1. The molecule has 4 rings (SSSR count). The summed E-state index contributed by atoms with van der Waals surface area (Å²) in [6.45, 7) is 1.44. The summed E-state index contributed by atoms with van der Waals surface area (Å²) in [6.07, 6.45) is -2.18. The number of Topliss-reactive ketones (excluding diaryl/α,β-unsaturated/α-hetero) is 1. The van der Waals surface area contributed by atoms with E-state index in [1.165, 1.54) is 22.3 Å². The van der Waals surface area contributed by atoms with E-state index in [4.69, 9.17) is 9.47 Å². The molecule has 3 atom stereocenters. The Labute approximate surface area is 193 Å². The lowest BCUT2D eigenvalue weighted by molar-refractivity contribution is -0.769. The maximum Gasteiger partial charge on any atom is 0.414 e. The molecule has 2 aliphatic heterocycles. The van der Waals surface area contributed by atoms with Crippen molar-refractivity contribution in [3.05, 3.63) is 57.2 Å². The number of nitrogens with zero attached hydrogens (tertiary/aromatic N) is 1. The summed E-state index contributed by atoms with van der Waals surface area (Å²) in [5.41, 5.74) is 0.695. The molecule has 0 aliphatic carbocycles. The molecule has 11 heteroatoms. The zero-order valence-corrected chi connectivity index (χ0v) is 18.6. The Balaban J connectivity index is 1.31. The van der Waals surface area contributed by atoms with Crippen LogP contribution in [-0.4, -0.2) is 56.7 Å². The topological polar surface area (TPSA) is 112 Å². The number of anilines is 1. The fraction of sp³-hybridized carbons (Fsp3) is 0.409. The van der Waals surface area contributed by atoms with Gasteiger partial charge < -0.3 is 25.1 Å². The van der Waals surface area contributed by atoms with Gasteiger partial charge in [0.15, 0.2) is 11.9 Å². The first kappa shape index (κ1) is 23.5. The predicted molar refractivity (Wildman–Crippen MR) is 118 cm³/mol. The molecule has 2 amide bonds. The molecular formula is C22H24FN3O6S. The molecule has 0 radical (unpaired) electrons. The van der Waals surface area contributed by atoms with Gasteiger partial charge in [0.05, 0.1) is 36.2 Å². The van der Waals surface area contributed by atoms with Crippen LogP contribution in [0.15, 0.2) is 35.7 Å². The molecule has 0 bridgehead atoms. The molecule has 2 N–H and O–H groups in total. The highest BCUT2D eigenvalue weighted by Crippen LogP contribution is 2.28. The van der Waals surface area contributed by atoms with Gasteiger partial charge in [-0.15, -0.1) is 11.3 Å². The van der Waals surface area contributed by atoms with Gasteiger partial charge in [-0.2, -0.15) is 0 Å². The fourth-order valence-corrected chi connectivity index (χ4v) is 4.49. The van der Waals surface area contributed by atoms with Crippen LogP contribution in [0.5, 0.6) is 0 Å². The zero-order valence-electron chi connectivity index (χ0n) is 17.8. The molecule has 2 aromatic rings. The fourth-order valence-electron chi connectivity index (χ4n) is 3.80. The minimum absolute atomic E-state index is 0.0201. The summed E-state index contributed by atoms with van der Waals surface area (Å²) in [7, 11) is 0. The lowest BCUT2D eigenvalue weighted by atomic mass is 10.1. The average Bonchev–Trinajstić information content (AvgIpc) is 3.48. The van der Waals surface area contributed by atoms with Crippen molar-refractivity contribution in [1.29, 1.82) is 0 Å². The number of rotatable bonds is 8. The van der Waals surface area contributed by atoms with Crippen LogP contribution in [0.25, 0.3) is 0 Å². The largest absolute Gasteiger partial charge is 0.627 e. The number of nitrogens with one attached hydrogen (secondary N) is 2. The number of carbonyl (C=O) groups is 3. The molecule has 2 saturated heterocycles. The van der Waals surface area contributed by atoms with Gasteiger partial charge in [0.1, 0.15) is 12.4 Å². The van der Waals surface area contributed by atoms with Gasteiger partial charge in [-0.1, -0.05) is 12.1 Å². The second-order valence-corrected chi connectivity index (χ2v) is 8.78. The van der Waals surface area contributed by atoms with Crippen LogP contribution in [0, 0.1) is 11.0 Å². The highest BCUT2D eigenvalue weighted by atomic mass is 32.1. The van der Waals surface area contributed by atoms with Crippen molar-refractivity contribution in [2.24, 2.45) is 0 Å². The molecule has 1 aromatic carbocycles. The zero-order chi connectivity index (χ0) is 23.4. The van der Waals surface area contributed by atoms with Crippen LogP contribution >= 0.6 is 11.3 Å². The van der Waals surface area contributed by atoms with Crippen molar-refractivity contribution in [2.45, 2.75) is 25.0 Å². The summed E-state index contributed by atoms with van der Waals surface area (Å²) >= 11 is 1.28. The number of ketones is 1. The minimum Gasteiger partial charge on any atom is -0.627 e. The summed E-state index contributed by atoms with van der Waals surface area (Å²) in [4.78, 5) is 38.2. The maximum absolute atomic E-state index is 14.7. The number of amides is 2. The van der Waals surface area contributed by atoms with Gasteiger partial charge in [0.2, 0.25) is 0 Å². The molecule has 2 aliphatic rings. The first-order valence-electron chi connectivity index (χ1n) is 10.6. The Kier molecular flexibility index (Phi) is 7.46. The van der Waals surface area contributed by atoms with Gasteiger partial charge in [-0.05, 0) is 23.6 Å². The minimum atomic E-state index is -0.824. The summed E-state index contributed by atoms with van der Waals surface area (Å²) < 4.78 is 25.5. The third-order valence-corrected chi connectivity index (χ3v) is 6.45. The SMILES string of the molecule is O=C(CCC(=O)[NH+]([O-])C[C@@H]1CN(c2ccc(C3CNCCO3)c(F)c2)C(=O)O1)c1cccs1. The van der Waals surface area contributed by atoms with E-state index >= 15 is 0 Å². The number of quaternary nitrogens is 1. The van der Waals surface area contributed by atoms with Crippen molar-refractivity contribution in [2.75, 3.05) is 37.7 Å². The number of cyclic esters (lactones) is 1. The number of hydrogen-bond donors (Lipinski definition) is 2. The summed E-state index contributed by atoms with van der Waals surface area (Å²) in [5.74, 6) is -1.37. The number of hydroxylamine groups is 2. The van der Waals surface area contributed by atoms with Gasteiger partial charge >= 0.3 is 12.0 Å². The second kappa shape index (κ2) is 10.5. The molecule has 0 spiro atoms. The van der Waals surface area contributed by atoms with Crippen LogP contribution in [0.1, 0.15) is 34.2 Å². The van der Waals surface area contributed by atoms with E-state index in [0.29, 0.717) is 35.8 Å². The van der Waals surface area contributed by atoms with Gasteiger partial charge in [-0.25, -0.2) is 14.0 Å². The number of carbonyl (C=O) groups excluding carboxylic acids is 3. The quantitative estimate of drug-likeness (QED) is 0.437. The number of halogens is 1. The van der Waals surface area contributed by atoms with Gasteiger partial charge in [0.25, 0.3) is 0 Å². The Morgan fingerprint density at radius 1 is 1.30 bits per heavy atom. The van der Waals surface area contributed by atoms with Crippen molar-refractivity contribution in [3.8, 4) is 0 Å². The van der Waals surface area contributed by atoms with Gasteiger partial charge in [0, 0.05) is 25.1 Å². The molecule has 0 saturated carbocycles. The van der Waals surface area contributed by atoms with E-state index in [1.807, 2.05) is 0 Å². The summed E-state index contributed by atoms with van der Waals surface area (Å²) in [6, 6.07) is 7.82. The van der Waals surface area contributed by atoms with Crippen molar-refractivity contribution < 1.29 is 33.3 Å². The Hall–Kier alpha value is -2.70. The highest BCUT2D eigenvalue weighted by Gasteiger charge is 2.35. The molecule has 33 heavy (non-hydrogen) atoms. The van der Waals surface area contributed by atoms with Crippen molar-refractivity contribution in [1.82, 2.24) is 5.32 Å². The monoisotopic (exact) mass is 477 g/mol. The smallest absolute Gasteiger partial charge is 0.414 e. The first-order valence-corrected chi connectivity index (χ1v) is 11.5. The third kappa shape index (κ3) is 5.63.